The van der Waals surface area contributed by atoms with Crippen LogP contribution in [-0.2, 0) is 9.53 Å². The van der Waals surface area contributed by atoms with Crippen LogP contribution in [0, 0.1) is 0 Å². The number of aliphatic hydroxyl groups is 1. The van der Waals surface area contributed by atoms with Crippen molar-refractivity contribution >= 4 is 16.7 Å². The molecular weight excluding hydrogens is 308 g/mol. The van der Waals surface area contributed by atoms with Crippen molar-refractivity contribution in [3.8, 4) is 5.75 Å². The molecule has 24 heavy (non-hydrogen) atoms. The van der Waals surface area contributed by atoms with Crippen molar-refractivity contribution in [3.63, 3.8) is 0 Å². The fourth-order valence-corrected chi connectivity index (χ4v) is 2.98. The molecule has 6 nitrogen and oxygen atoms in total. The molecule has 2 atom stereocenters. The molecule has 0 bridgehead atoms. The number of aliphatic hydroxyl groups excluding tert-OH is 1. The molecule has 0 saturated carbocycles. The number of likely N-dealkylation sites (tertiary alicyclic amines) is 1. The Morgan fingerprint density at radius 2 is 2.29 bits per heavy atom. The Labute approximate surface area is 141 Å². The molecule has 6 heteroatoms. The Balaban J connectivity index is 1.66. The molecule has 1 aromatic heterocycles. The van der Waals surface area contributed by atoms with Gasteiger partial charge in [-0.1, -0.05) is 12.1 Å². The first-order valence-corrected chi connectivity index (χ1v) is 8.13. The zero-order chi connectivity index (χ0) is 16.9. The molecule has 1 saturated heterocycles. The minimum atomic E-state index is -0.706. The van der Waals surface area contributed by atoms with Crippen molar-refractivity contribution < 1.29 is 19.4 Å². The third kappa shape index (κ3) is 3.66. The van der Waals surface area contributed by atoms with Crippen LogP contribution < -0.4 is 4.74 Å². The highest BCUT2D eigenvalue weighted by atomic mass is 16.5. The molecule has 0 radical (unpaired) electrons. The van der Waals surface area contributed by atoms with Gasteiger partial charge in [-0.3, -0.25) is 9.78 Å². The second-order valence-electron chi connectivity index (χ2n) is 5.95. The molecule has 1 aliphatic heterocycles. The second kappa shape index (κ2) is 7.59. The molecule has 1 N–H and O–H groups in total. The van der Waals surface area contributed by atoms with Gasteiger partial charge in [0.25, 0.3) is 0 Å². The van der Waals surface area contributed by atoms with Gasteiger partial charge in [0.15, 0.2) is 0 Å². The number of benzene rings is 1. The molecule has 0 unspecified atom stereocenters. The Morgan fingerprint density at radius 3 is 3.08 bits per heavy atom. The van der Waals surface area contributed by atoms with Gasteiger partial charge in [-0.15, -0.1) is 0 Å². The first-order valence-electron chi connectivity index (χ1n) is 8.13. The number of rotatable bonds is 5. The van der Waals surface area contributed by atoms with E-state index in [1.807, 2.05) is 24.3 Å². The van der Waals surface area contributed by atoms with Crippen molar-refractivity contribution in [1.29, 1.82) is 0 Å². The van der Waals surface area contributed by atoms with Crippen LogP contribution in [-0.4, -0.2) is 59.9 Å². The summed E-state index contributed by atoms with van der Waals surface area (Å²) in [5, 5.41) is 12.4. The van der Waals surface area contributed by atoms with Gasteiger partial charge in [-0.2, -0.15) is 0 Å². The Bertz CT molecular complexity index is 701. The lowest BCUT2D eigenvalue weighted by Gasteiger charge is -2.36. The summed E-state index contributed by atoms with van der Waals surface area (Å²) < 4.78 is 11.0. The maximum atomic E-state index is 12.0. The maximum Gasteiger partial charge on any atom is 0.224 e. The average Bonchev–Trinajstić information content (AvgIpc) is 2.61. The molecule has 0 spiro atoms. The SMILES string of the molecule is COCCC(=O)N1CC[C@@H](Oc2cccc3cnccc23)[C@H](O)C1. The zero-order valence-corrected chi connectivity index (χ0v) is 13.7. The van der Waals surface area contributed by atoms with E-state index in [-0.39, 0.29) is 12.0 Å². The standard InChI is InChI=1S/C18H22N2O4/c1-23-10-7-18(22)20-9-6-17(15(21)12-20)24-16-4-2-3-13-11-19-8-5-14(13)16/h2-5,8,11,15,17,21H,6-7,9-10,12H2,1H3/t15-,17-/m1/s1. The van der Waals surface area contributed by atoms with E-state index in [1.165, 1.54) is 0 Å². The van der Waals surface area contributed by atoms with Crippen LogP contribution in [0.2, 0.25) is 0 Å². The van der Waals surface area contributed by atoms with E-state index >= 15 is 0 Å². The maximum absolute atomic E-state index is 12.0. The predicted molar refractivity (Wildman–Crippen MR) is 89.9 cm³/mol. The lowest BCUT2D eigenvalue weighted by atomic mass is 10.0. The van der Waals surface area contributed by atoms with Gasteiger partial charge >= 0.3 is 0 Å². The van der Waals surface area contributed by atoms with Crippen molar-refractivity contribution in [2.75, 3.05) is 26.8 Å². The van der Waals surface area contributed by atoms with Gasteiger partial charge in [-0.05, 0) is 12.1 Å². The summed E-state index contributed by atoms with van der Waals surface area (Å²) in [6, 6.07) is 7.68. The van der Waals surface area contributed by atoms with Gasteiger partial charge in [0.05, 0.1) is 19.6 Å². The molecule has 1 aliphatic rings. The number of nitrogens with zero attached hydrogens (tertiary/aromatic N) is 2. The molecular formula is C18H22N2O4. The van der Waals surface area contributed by atoms with Crippen molar-refractivity contribution in [2.24, 2.45) is 0 Å². The number of β-amino-alcohol motifs (C(OH)–C–C–N with tert-alkyl or cyclic N) is 1. The van der Waals surface area contributed by atoms with Crippen LogP contribution in [0.1, 0.15) is 12.8 Å². The topological polar surface area (TPSA) is 71.9 Å². The number of pyridine rings is 1. The largest absolute Gasteiger partial charge is 0.487 e. The first kappa shape index (κ1) is 16.7. The summed E-state index contributed by atoms with van der Waals surface area (Å²) >= 11 is 0. The molecule has 1 fully saturated rings. The van der Waals surface area contributed by atoms with E-state index in [9.17, 15) is 9.90 Å². The van der Waals surface area contributed by atoms with Gasteiger partial charge in [0.1, 0.15) is 18.0 Å². The first-order chi connectivity index (χ1) is 11.7. The van der Waals surface area contributed by atoms with Crippen LogP contribution in [0.15, 0.2) is 36.7 Å². The summed E-state index contributed by atoms with van der Waals surface area (Å²) in [6.07, 6.45) is 3.42. The predicted octanol–water partition coefficient (Wildman–Crippen LogP) is 1.61. The summed E-state index contributed by atoms with van der Waals surface area (Å²) in [7, 11) is 1.57. The third-order valence-corrected chi connectivity index (χ3v) is 4.31. The molecule has 128 valence electrons. The van der Waals surface area contributed by atoms with Gasteiger partial charge in [0.2, 0.25) is 5.91 Å². The zero-order valence-electron chi connectivity index (χ0n) is 13.7. The quantitative estimate of drug-likeness (QED) is 0.902. The van der Waals surface area contributed by atoms with E-state index in [1.54, 1.807) is 24.4 Å². The van der Waals surface area contributed by atoms with Gasteiger partial charge in [-0.25, -0.2) is 0 Å². The number of hydrogen-bond acceptors (Lipinski definition) is 5. The summed E-state index contributed by atoms with van der Waals surface area (Å²) in [5.74, 6) is 0.740. The smallest absolute Gasteiger partial charge is 0.224 e. The number of hydrogen-bond donors (Lipinski definition) is 1. The normalized spacial score (nSPS) is 21.0. The molecule has 3 rings (SSSR count). The Hall–Kier alpha value is -2.18. The number of methoxy groups -OCH3 is 1. The highest BCUT2D eigenvalue weighted by Crippen LogP contribution is 2.27. The number of ether oxygens (including phenoxy) is 2. The van der Waals surface area contributed by atoms with Crippen molar-refractivity contribution in [2.45, 2.75) is 25.0 Å². The minimum absolute atomic E-state index is 0.00517. The molecule has 1 amide bonds. The molecule has 2 aromatic rings. The summed E-state index contributed by atoms with van der Waals surface area (Å²) in [6.45, 7) is 1.27. The summed E-state index contributed by atoms with van der Waals surface area (Å²) in [4.78, 5) is 17.8. The molecule has 1 aromatic carbocycles. The lowest BCUT2D eigenvalue weighted by molar-refractivity contribution is -0.137. The average molecular weight is 330 g/mol. The van der Waals surface area contributed by atoms with Crippen LogP contribution in [0.25, 0.3) is 10.8 Å². The van der Waals surface area contributed by atoms with E-state index < -0.39 is 6.10 Å². The van der Waals surface area contributed by atoms with Crippen LogP contribution in [0.3, 0.4) is 0 Å². The number of amides is 1. The highest BCUT2D eigenvalue weighted by molar-refractivity contribution is 5.87. The van der Waals surface area contributed by atoms with Crippen LogP contribution in [0.4, 0.5) is 0 Å². The third-order valence-electron chi connectivity index (χ3n) is 4.31. The minimum Gasteiger partial charge on any atom is -0.487 e. The second-order valence-corrected chi connectivity index (χ2v) is 5.95. The number of piperidine rings is 1. The van der Waals surface area contributed by atoms with E-state index in [2.05, 4.69) is 4.98 Å². The fourth-order valence-electron chi connectivity index (χ4n) is 2.98. The monoisotopic (exact) mass is 330 g/mol. The number of carbonyl (C=O) groups is 1. The van der Waals surface area contributed by atoms with Gasteiger partial charge < -0.3 is 19.5 Å². The lowest BCUT2D eigenvalue weighted by Crippen LogP contribution is -2.51. The van der Waals surface area contributed by atoms with E-state index in [0.29, 0.717) is 32.5 Å². The highest BCUT2D eigenvalue weighted by Gasteiger charge is 2.31. The van der Waals surface area contributed by atoms with Crippen molar-refractivity contribution in [3.05, 3.63) is 36.7 Å². The van der Waals surface area contributed by atoms with Gasteiger partial charge in [0, 0.05) is 43.2 Å². The molecule has 0 aliphatic carbocycles. The summed E-state index contributed by atoms with van der Waals surface area (Å²) in [5.41, 5.74) is 0. The van der Waals surface area contributed by atoms with E-state index in [0.717, 1.165) is 16.5 Å². The van der Waals surface area contributed by atoms with Crippen molar-refractivity contribution in [1.82, 2.24) is 9.88 Å². The number of fused-ring (bicyclic) bond motifs is 1. The molecule has 2 heterocycles. The van der Waals surface area contributed by atoms with Crippen LogP contribution >= 0.6 is 0 Å². The van der Waals surface area contributed by atoms with Crippen LogP contribution in [0.5, 0.6) is 5.75 Å². The fraction of sp³-hybridized carbons (Fsp3) is 0.444. The Kier molecular flexibility index (Phi) is 5.27. The Morgan fingerprint density at radius 1 is 1.42 bits per heavy atom. The number of carbonyl (C=O) groups excluding carboxylic acids is 1. The van der Waals surface area contributed by atoms with E-state index in [4.69, 9.17) is 9.47 Å². The number of aromatic nitrogens is 1.